The molecule has 3 N–H and O–H groups in total. The quantitative estimate of drug-likeness (QED) is 0.550. The minimum absolute atomic E-state index is 0.148. The molecule has 1 heterocycles. The third kappa shape index (κ3) is 4.75. The fourth-order valence-corrected chi connectivity index (χ4v) is 3.06. The van der Waals surface area contributed by atoms with Crippen LogP contribution in [0.4, 0.5) is 0 Å². The summed E-state index contributed by atoms with van der Waals surface area (Å²) in [5.41, 5.74) is 1.24. The van der Waals surface area contributed by atoms with Gasteiger partial charge in [-0.15, -0.1) is 0 Å². The highest BCUT2D eigenvalue weighted by molar-refractivity contribution is 5.83. The molecule has 1 aromatic heterocycles. The van der Waals surface area contributed by atoms with E-state index in [0.717, 1.165) is 5.56 Å². The maximum Gasteiger partial charge on any atom is 0.258 e. The molecule has 28 heavy (non-hydrogen) atoms. The highest BCUT2D eigenvalue weighted by Gasteiger charge is 2.14. The molecule has 7 heteroatoms. The van der Waals surface area contributed by atoms with Crippen molar-refractivity contribution in [3.8, 4) is 5.75 Å². The van der Waals surface area contributed by atoms with Crippen LogP contribution in [0.15, 0.2) is 53.3 Å². The molecule has 0 saturated heterocycles. The van der Waals surface area contributed by atoms with Gasteiger partial charge < -0.3 is 20.1 Å². The number of aromatic nitrogens is 2. The van der Waals surface area contributed by atoms with Gasteiger partial charge in [0.1, 0.15) is 17.1 Å². The summed E-state index contributed by atoms with van der Waals surface area (Å²) in [6.45, 7) is -0.150. The number of rotatable bonds is 8. The van der Waals surface area contributed by atoms with E-state index in [1.54, 1.807) is 18.2 Å². The molecule has 0 aliphatic heterocycles. The van der Waals surface area contributed by atoms with Crippen LogP contribution in [0, 0.1) is 0 Å². The summed E-state index contributed by atoms with van der Waals surface area (Å²) < 4.78 is 5.26. The highest BCUT2D eigenvalue weighted by atomic mass is 16.5. The first-order valence-electron chi connectivity index (χ1n) is 9.10. The number of aliphatic hydroxyl groups excluding tert-OH is 1. The lowest BCUT2D eigenvalue weighted by atomic mass is 10.1. The van der Waals surface area contributed by atoms with E-state index >= 15 is 0 Å². The fraction of sp³-hybridized carbons (Fsp3) is 0.286. The van der Waals surface area contributed by atoms with Crippen molar-refractivity contribution in [1.82, 2.24) is 15.3 Å². The van der Waals surface area contributed by atoms with Crippen molar-refractivity contribution >= 4 is 16.8 Å². The van der Waals surface area contributed by atoms with Gasteiger partial charge in [-0.1, -0.05) is 36.4 Å². The molecule has 0 aliphatic rings. The Hall–Kier alpha value is -3.19. The number of carbonyl (C=O) groups excluding carboxylic acids is 1. The number of methoxy groups -OCH3 is 1. The van der Waals surface area contributed by atoms with Crippen molar-refractivity contribution < 1.29 is 14.6 Å². The SMILES string of the molecule is COc1cccc2c(=O)[nH]c(CCC(=O)N[C@H](CO)Cc3ccccc3)nc12. The molecule has 146 valence electrons. The molecule has 7 nitrogen and oxygen atoms in total. The van der Waals surface area contributed by atoms with Gasteiger partial charge in [0.05, 0.1) is 25.1 Å². The molecule has 3 aromatic rings. The van der Waals surface area contributed by atoms with E-state index < -0.39 is 0 Å². The van der Waals surface area contributed by atoms with E-state index in [1.807, 2.05) is 30.3 Å². The van der Waals surface area contributed by atoms with Gasteiger partial charge in [0.25, 0.3) is 5.56 Å². The first kappa shape index (κ1) is 19.6. The number of fused-ring (bicyclic) bond motifs is 1. The Labute approximate surface area is 162 Å². The monoisotopic (exact) mass is 381 g/mol. The number of carbonyl (C=O) groups is 1. The highest BCUT2D eigenvalue weighted by Crippen LogP contribution is 2.20. The number of hydrogen-bond acceptors (Lipinski definition) is 5. The van der Waals surface area contributed by atoms with Crippen LogP contribution in [0.1, 0.15) is 17.8 Å². The molecule has 3 rings (SSSR count). The third-order valence-corrected chi connectivity index (χ3v) is 4.47. The second-order valence-corrected chi connectivity index (χ2v) is 6.51. The summed E-state index contributed by atoms with van der Waals surface area (Å²) in [6.07, 6.45) is 0.971. The maximum atomic E-state index is 12.3. The van der Waals surface area contributed by atoms with E-state index in [2.05, 4.69) is 15.3 Å². The topological polar surface area (TPSA) is 104 Å². The first-order valence-corrected chi connectivity index (χ1v) is 9.10. The van der Waals surface area contributed by atoms with Crippen LogP contribution in [-0.4, -0.2) is 40.7 Å². The number of H-pyrrole nitrogens is 1. The summed E-state index contributed by atoms with van der Waals surface area (Å²) in [7, 11) is 1.52. The smallest absolute Gasteiger partial charge is 0.258 e. The van der Waals surface area contributed by atoms with Crippen LogP contribution in [0.5, 0.6) is 5.75 Å². The molecule has 1 atom stereocenters. The van der Waals surface area contributed by atoms with Crippen LogP contribution in [0.3, 0.4) is 0 Å². The van der Waals surface area contributed by atoms with Crippen LogP contribution in [0.25, 0.3) is 10.9 Å². The number of hydrogen-bond donors (Lipinski definition) is 3. The number of nitrogens with zero attached hydrogens (tertiary/aromatic N) is 1. The van der Waals surface area contributed by atoms with Crippen LogP contribution < -0.4 is 15.6 Å². The normalized spacial score (nSPS) is 11.9. The Bertz CT molecular complexity index is 1000. The number of ether oxygens (including phenoxy) is 1. The molecule has 0 saturated carbocycles. The van der Waals surface area contributed by atoms with Crippen molar-refractivity contribution in [3.05, 3.63) is 70.3 Å². The van der Waals surface area contributed by atoms with Crippen molar-refractivity contribution in [1.29, 1.82) is 0 Å². The molecule has 0 fully saturated rings. The molecule has 0 aliphatic carbocycles. The Kier molecular flexibility index (Phi) is 6.39. The Morgan fingerprint density at radius 1 is 1.21 bits per heavy atom. The Balaban J connectivity index is 1.64. The predicted octanol–water partition coefficient (Wildman–Crippen LogP) is 1.58. The Morgan fingerprint density at radius 2 is 2.00 bits per heavy atom. The van der Waals surface area contributed by atoms with E-state index in [9.17, 15) is 14.7 Å². The lowest BCUT2D eigenvalue weighted by Gasteiger charge is -2.16. The van der Waals surface area contributed by atoms with E-state index in [1.165, 1.54) is 7.11 Å². The molecule has 2 aromatic carbocycles. The first-order chi connectivity index (χ1) is 13.6. The van der Waals surface area contributed by atoms with Crippen LogP contribution in [-0.2, 0) is 17.6 Å². The Morgan fingerprint density at radius 3 is 2.71 bits per heavy atom. The molecule has 0 unspecified atom stereocenters. The van der Waals surface area contributed by atoms with Crippen molar-refractivity contribution in [2.75, 3.05) is 13.7 Å². The lowest BCUT2D eigenvalue weighted by Crippen LogP contribution is -2.39. The maximum absolute atomic E-state index is 12.3. The average Bonchev–Trinajstić information content (AvgIpc) is 2.72. The van der Waals surface area contributed by atoms with Gasteiger partial charge in [-0.05, 0) is 24.1 Å². The summed E-state index contributed by atoms with van der Waals surface area (Å²) in [5.74, 6) is 0.719. The lowest BCUT2D eigenvalue weighted by molar-refractivity contribution is -0.122. The summed E-state index contributed by atoms with van der Waals surface area (Å²) in [6, 6.07) is 14.4. The molecule has 0 spiro atoms. The van der Waals surface area contributed by atoms with Crippen molar-refractivity contribution in [3.63, 3.8) is 0 Å². The summed E-state index contributed by atoms with van der Waals surface area (Å²) in [5, 5.41) is 12.8. The van der Waals surface area contributed by atoms with Gasteiger partial charge in [-0.2, -0.15) is 0 Å². The minimum atomic E-state index is -0.362. The minimum Gasteiger partial charge on any atom is -0.494 e. The van der Waals surface area contributed by atoms with Gasteiger partial charge in [-0.3, -0.25) is 9.59 Å². The predicted molar refractivity (Wildman–Crippen MR) is 106 cm³/mol. The zero-order valence-electron chi connectivity index (χ0n) is 15.6. The van der Waals surface area contributed by atoms with Gasteiger partial charge in [0.15, 0.2) is 0 Å². The number of aryl methyl sites for hydroxylation is 1. The molecule has 0 radical (unpaired) electrons. The third-order valence-electron chi connectivity index (χ3n) is 4.47. The van der Waals surface area contributed by atoms with Crippen LogP contribution >= 0.6 is 0 Å². The second kappa shape index (κ2) is 9.14. The number of aliphatic hydroxyl groups is 1. The van der Waals surface area contributed by atoms with Gasteiger partial charge in [0, 0.05) is 12.8 Å². The standard InChI is InChI=1S/C21H23N3O4/c1-28-17-9-5-8-16-20(17)23-18(24-21(16)27)10-11-19(26)22-15(13-25)12-14-6-3-2-4-7-14/h2-9,15,25H,10-13H2,1H3,(H,22,26)(H,23,24,27)/t15-/m0/s1. The van der Waals surface area contributed by atoms with Gasteiger partial charge in [0.2, 0.25) is 5.91 Å². The summed E-state index contributed by atoms with van der Waals surface area (Å²) in [4.78, 5) is 31.7. The van der Waals surface area contributed by atoms with Crippen LogP contribution in [0.2, 0.25) is 0 Å². The van der Waals surface area contributed by atoms with E-state index in [4.69, 9.17) is 4.74 Å². The molecule has 1 amide bonds. The molecular formula is C21H23N3O4. The summed E-state index contributed by atoms with van der Waals surface area (Å²) >= 11 is 0. The zero-order chi connectivity index (χ0) is 19.9. The average molecular weight is 381 g/mol. The number of aromatic amines is 1. The van der Waals surface area contributed by atoms with Gasteiger partial charge in [-0.25, -0.2) is 4.98 Å². The number of benzene rings is 2. The number of amides is 1. The fourth-order valence-electron chi connectivity index (χ4n) is 3.06. The van der Waals surface area contributed by atoms with E-state index in [0.29, 0.717) is 28.9 Å². The number of para-hydroxylation sites is 1. The second-order valence-electron chi connectivity index (χ2n) is 6.51. The molecular weight excluding hydrogens is 358 g/mol. The van der Waals surface area contributed by atoms with Crippen molar-refractivity contribution in [2.24, 2.45) is 0 Å². The molecule has 0 bridgehead atoms. The largest absolute Gasteiger partial charge is 0.494 e. The number of nitrogens with one attached hydrogen (secondary N) is 2. The van der Waals surface area contributed by atoms with E-state index in [-0.39, 0.29) is 37.0 Å². The van der Waals surface area contributed by atoms with Gasteiger partial charge >= 0.3 is 0 Å². The zero-order valence-corrected chi connectivity index (χ0v) is 15.6. The van der Waals surface area contributed by atoms with Crippen molar-refractivity contribution in [2.45, 2.75) is 25.3 Å².